The molecule has 0 aromatic carbocycles. The van der Waals surface area contributed by atoms with Gasteiger partial charge in [0, 0.05) is 12.6 Å². The van der Waals surface area contributed by atoms with E-state index in [2.05, 4.69) is 36.7 Å². The zero-order chi connectivity index (χ0) is 18.9. The summed E-state index contributed by atoms with van der Waals surface area (Å²) in [6.07, 6.45) is 5.10. The average Bonchev–Trinajstić information content (AvgIpc) is 2.79. The van der Waals surface area contributed by atoms with Crippen molar-refractivity contribution in [2.45, 2.75) is 70.9 Å². The molecule has 146 valence electrons. The summed E-state index contributed by atoms with van der Waals surface area (Å²) in [6.45, 7) is 8.19. The van der Waals surface area contributed by atoms with Crippen molar-refractivity contribution in [3.63, 3.8) is 0 Å². The van der Waals surface area contributed by atoms with Crippen molar-refractivity contribution in [2.24, 2.45) is 11.3 Å². The summed E-state index contributed by atoms with van der Waals surface area (Å²) in [4.78, 5) is 38.7. The van der Waals surface area contributed by atoms with E-state index in [-0.39, 0.29) is 29.8 Å². The summed E-state index contributed by atoms with van der Waals surface area (Å²) < 4.78 is 0. The second kappa shape index (κ2) is 7.18. The van der Waals surface area contributed by atoms with Crippen LogP contribution in [0.1, 0.15) is 59.3 Å². The summed E-state index contributed by atoms with van der Waals surface area (Å²) in [5.41, 5.74) is -0.591. The fourth-order valence-electron chi connectivity index (χ4n) is 4.53. The summed E-state index contributed by atoms with van der Waals surface area (Å²) in [6, 6.07) is -0.352. The second-order valence-corrected chi connectivity index (χ2v) is 9.15. The molecule has 1 atom stereocenters. The van der Waals surface area contributed by atoms with Crippen molar-refractivity contribution >= 4 is 17.8 Å². The highest BCUT2D eigenvalue weighted by Gasteiger charge is 2.53. The van der Waals surface area contributed by atoms with E-state index >= 15 is 0 Å². The molecule has 0 aromatic rings. The van der Waals surface area contributed by atoms with Gasteiger partial charge in [-0.3, -0.25) is 14.5 Å². The van der Waals surface area contributed by atoms with Gasteiger partial charge in [0.25, 0.3) is 5.91 Å². The van der Waals surface area contributed by atoms with Gasteiger partial charge >= 0.3 is 6.03 Å². The van der Waals surface area contributed by atoms with Crippen LogP contribution in [0.2, 0.25) is 0 Å². The lowest BCUT2D eigenvalue weighted by atomic mass is 9.67. The molecule has 1 saturated carbocycles. The Balaban J connectivity index is 1.58. The monoisotopic (exact) mass is 364 g/mol. The molecule has 1 unspecified atom stereocenters. The molecule has 4 amide bonds. The molecular formula is C19H32N4O3. The number of piperidine rings is 1. The molecule has 26 heavy (non-hydrogen) atoms. The Bertz CT molecular complexity index is 570. The normalized spacial score (nSPS) is 32.7. The number of carbonyl (C=O) groups is 3. The van der Waals surface area contributed by atoms with E-state index in [1.807, 2.05) is 0 Å². The highest BCUT2D eigenvalue weighted by molar-refractivity contribution is 6.09. The maximum absolute atomic E-state index is 12.9. The molecule has 1 spiro atoms. The van der Waals surface area contributed by atoms with Crippen LogP contribution in [0.3, 0.4) is 0 Å². The molecule has 2 saturated heterocycles. The predicted octanol–water partition coefficient (Wildman–Crippen LogP) is 1.38. The van der Waals surface area contributed by atoms with Crippen molar-refractivity contribution in [2.75, 3.05) is 19.6 Å². The largest absolute Gasteiger partial charge is 0.351 e. The zero-order valence-electron chi connectivity index (χ0n) is 16.2. The highest BCUT2D eigenvalue weighted by atomic mass is 16.2. The number of amides is 4. The van der Waals surface area contributed by atoms with Gasteiger partial charge in [0.05, 0.1) is 0 Å². The lowest BCUT2D eigenvalue weighted by Crippen LogP contribution is -2.52. The minimum absolute atomic E-state index is 0.0770. The van der Waals surface area contributed by atoms with Crippen LogP contribution in [0.25, 0.3) is 0 Å². The Morgan fingerprint density at radius 2 is 1.92 bits per heavy atom. The first-order valence-corrected chi connectivity index (χ1v) is 9.85. The van der Waals surface area contributed by atoms with Gasteiger partial charge in [-0.15, -0.1) is 0 Å². The van der Waals surface area contributed by atoms with Crippen LogP contribution in [-0.2, 0) is 9.59 Å². The summed E-state index contributed by atoms with van der Waals surface area (Å²) in [5, 5.41) is 9.06. The van der Waals surface area contributed by atoms with Gasteiger partial charge in [-0.1, -0.05) is 20.8 Å². The SMILES string of the molecule is CC(C)(C)C1CCC2(CC1)NC(=O)N(CC(=O)NC1CCCNC1)C2=O. The smallest absolute Gasteiger partial charge is 0.325 e. The number of urea groups is 1. The lowest BCUT2D eigenvalue weighted by Gasteiger charge is -2.40. The van der Waals surface area contributed by atoms with Crippen LogP contribution in [0.4, 0.5) is 4.79 Å². The molecule has 3 rings (SSSR count). The zero-order valence-corrected chi connectivity index (χ0v) is 16.2. The van der Waals surface area contributed by atoms with Crippen molar-refractivity contribution in [1.82, 2.24) is 20.9 Å². The van der Waals surface area contributed by atoms with Crippen LogP contribution >= 0.6 is 0 Å². The summed E-state index contributed by atoms with van der Waals surface area (Å²) in [7, 11) is 0. The first kappa shape index (κ1) is 19.1. The standard InChI is InChI=1S/C19H32N4O3/c1-18(2,3)13-6-8-19(9-7-13)16(25)23(17(26)22-19)12-15(24)21-14-5-4-10-20-11-14/h13-14,20H,4-12H2,1-3H3,(H,21,24)(H,22,26). The molecule has 7 nitrogen and oxygen atoms in total. The second-order valence-electron chi connectivity index (χ2n) is 9.15. The van der Waals surface area contributed by atoms with Crippen LogP contribution in [0.15, 0.2) is 0 Å². The molecule has 3 fully saturated rings. The van der Waals surface area contributed by atoms with Gasteiger partial charge in [0.1, 0.15) is 12.1 Å². The fourth-order valence-corrected chi connectivity index (χ4v) is 4.53. The van der Waals surface area contributed by atoms with Crippen molar-refractivity contribution in [3.05, 3.63) is 0 Å². The molecule has 0 radical (unpaired) electrons. The van der Waals surface area contributed by atoms with E-state index in [9.17, 15) is 14.4 Å². The summed E-state index contributed by atoms with van der Waals surface area (Å²) >= 11 is 0. The van der Waals surface area contributed by atoms with Crippen molar-refractivity contribution in [1.29, 1.82) is 0 Å². The number of nitrogens with zero attached hydrogens (tertiary/aromatic N) is 1. The Labute approximate surface area is 155 Å². The maximum atomic E-state index is 12.9. The van der Waals surface area contributed by atoms with E-state index in [4.69, 9.17) is 0 Å². The molecule has 7 heteroatoms. The maximum Gasteiger partial charge on any atom is 0.325 e. The number of hydrogen-bond acceptors (Lipinski definition) is 4. The minimum Gasteiger partial charge on any atom is -0.351 e. The van der Waals surface area contributed by atoms with Gasteiger partial charge in [0.15, 0.2) is 0 Å². The number of hydrogen-bond donors (Lipinski definition) is 3. The third kappa shape index (κ3) is 3.87. The molecule has 3 N–H and O–H groups in total. The Kier molecular flexibility index (Phi) is 5.28. The predicted molar refractivity (Wildman–Crippen MR) is 98.4 cm³/mol. The van der Waals surface area contributed by atoms with E-state index in [0.717, 1.165) is 43.7 Å². The van der Waals surface area contributed by atoms with E-state index < -0.39 is 11.6 Å². The first-order chi connectivity index (χ1) is 12.2. The van der Waals surface area contributed by atoms with E-state index in [1.54, 1.807) is 0 Å². The topological polar surface area (TPSA) is 90.5 Å². The van der Waals surface area contributed by atoms with Crippen LogP contribution in [0.5, 0.6) is 0 Å². The third-order valence-electron chi connectivity index (χ3n) is 6.27. The Morgan fingerprint density at radius 3 is 2.50 bits per heavy atom. The molecule has 0 bridgehead atoms. The molecule has 2 heterocycles. The van der Waals surface area contributed by atoms with Gasteiger partial charge in [0.2, 0.25) is 5.91 Å². The first-order valence-electron chi connectivity index (χ1n) is 9.85. The molecule has 2 aliphatic heterocycles. The molecule has 1 aliphatic carbocycles. The number of imide groups is 1. The molecule has 3 aliphatic rings. The fraction of sp³-hybridized carbons (Fsp3) is 0.842. The third-order valence-corrected chi connectivity index (χ3v) is 6.27. The van der Waals surface area contributed by atoms with Gasteiger partial charge in [-0.25, -0.2) is 4.79 Å². The number of carbonyl (C=O) groups excluding carboxylic acids is 3. The van der Waals surface area contributed by atoms with E-state index in [0.29, 0.717) is 18.8 Å². The van der Waals surface area contributed by atoms with Gasteiger partial charge in [-0.05, 0) is 56.4 Å². The minimum atomic E-state index is -0.800. The average molecular weight is 364 g/mol. The summed E-state index contributed by atoms with van der Waals surface area (Å²) in [5.74, 6) is 0.0587. The van der Waals surface area contributed by atoms with Crippen molar-refractivity contribution in [3.8, 4) is 0 Å². The number of rotatable bonds is 3. The van der Waals surface area contributed by atoms with Gasteiger partial charge in [-0.2, -0.15) is 0 Å². The Hall–Kier alpha value is -1.63. The van der Waals surface area contributed by atoms with Crippen LogP contribution < -0.4 is 16.0 Å². The molecular weight excluding hydrogens is 332 g/mol. The number of nitrogens with one attached hydrogen (secondary N) is 3. The van der Waals surface area contributed by atoms with Crippen molar-refractivity contribution < 1.29 is 14.4 Å². The quantitative estimate of drug-likeness (QED) is 0.660. The highest BCUT2D eigenvalue weighted by Crippen LogP contribution is 2.43. The van der Waals surface area contributed by atoms with Crippen LogP contribution in [-0.4, -0.2) is 54.0 Å². The molecule has 0 aromatic heterocycles. The lowest BCUT2D eigenvalue weighted by molar-refractivity contribution is -0.136. The van der Waals surface area contributed by atoms with Crippen LogP contribution in [0, 0.1) is 11.3 Å². The van der Waals surface area contributed by atoms with Gasteiger partial charge < -0.3 is 16.0 Å². The van der Waals surface area contributed by atoms with E-state index in [1.165, 1.54) is 0 Å². The Morgan fingerprint density at radius 1 is 1.23 bits per heavy atom.